The molecule has 0 radical (unpaired) electrons. The zero-order chi connectivity index (χ0) is 16.2. The van der Waals surface area contributed by atoms with Gasteiger partial charge in [-0.3, -0.25) is 0 Å². The normalized spacial score (nSPS) is 12.8. The van der Waals surface area contributed by atoms with Crippen LogP contribution in [-0.2, 0) is 22.9 Å². The van der Waals surface area contributed by atoms with Crippen LogP contribution in [0.5, 0.6) is 0 Å². The molecular formula is C13H21ClN4O3S2. The molecule has 0 aliphatic rings. The van der Waals surface area contributed by atoms with Crippen LogP contribution in [-0.4, -0.2) is 44.4 Å². The van der Waals surface area contributed by atoms with Gasteiger partial charge in [0.25, 0.3) is 5.89 Å². The van der Waals surface area contributed by atoms with Crippen LogP contribution in [0.2, 0.25) is 0 Å². The van der Waals surface area contributed by atoms with Gasteiger partial charge in [0, 0.05) is 23.9 Å². The van der Waals surface area contributed by atoms with E-state index in [2.05, 4.69) is 20.2 Å². The lowest BCUT2D eigenvalue weighted by Crippen LogP contribution is -2.24. The second-order valence-corrected chi connectivity index (χ2v) is 8.09. The first-order chi connectivity index (χ1) is 10.4. The Balaban J connectivity index is 0.00000264. The zero-order valence-electron chi connectivity index (χ0n) is 13.2. The van der Waals surface area contributed by atoms with E-state index >= 15 is 0 Å². The van der Waals surface area contributed by atoms with Crippen molar-refractivity contribution in [1.29, 1.82) is 0 Å². The van der Waals surface area contributed by atoms with Crippen LogP contribution in [0.3, 0.4) is 0 Å². The lowest BCUT2D eigenvalue weighted by Gasteiger charge is -2.04. The highest BCUT2D eigenvalue weighted by molar-refractivity contribution is 7.88. The Hall–Kier alpha value is -1.00. The quantitative estimate of drug-likeness (QED) is 0.719. The monoisotopic (exact) mass is 380 g/mol. The molecule has 0 aromatic carbocycles. The minimum atomic E-state index is -3.14. The molecule has 0 spiro atoms. The van der Waals surface area contributed by atoms with Gasteiger partial charge in [0.1, 0.15) is 0 Å². The molecule has 0 fully saturated rings. The summed E-state index contributed by atoms with van der Waals surface area (Å²) in [4.78, 5) is 6.34. The van der Waals surface area contributed by atoms with E-state index in [1.807, 2.05) is 26.1 Å². The molecule has 2 aromatic rings. The topological polar surface area (TPSA) is 97.1 Å². The average Bonchev–Trinajstić information content (AvgIpc) is 3.06. The highest BCUT2D eigenvalue weighted by Gasteiger charge is 2.13. The van der Waals surface area contributed by atoms with E-state index < -0.39 is 10.0 Å². The Kier molecular flexibility index (Phi) is 7.62. The summed E-state index contributed by atoms with van der Waals surface area (Å²) in [6.45, 7) is 2.43. The summed E-state index contributed by atoms with van der Waals surface area (Å²) in [5.74, 6) is 1.18. The largest absolute Gasteiger partial charge is 0.333 e. The average molecular weight is 381 g/mol. The lowest BCUT2D eigenvalue weighted by molar-refractivity contribution is 0.419. The highest BCUT2D eigenvalue weighted by atomic mass is 35.5. The number of sulfonamides is 1. The molecule has 2 N–H and O–H groups in total. The fourth-order valence-corrected chi connectivity index (χ4v) is 3.20. The fraction of sp³-hybridized carbons (Fsp3) is 0.538. The van der Waals surface area contributed by atoms with Crippen molar-refractivity contribution in [2.45, 2.75) is 25.8 Å². The SMILES string of the molecule is CNC(C)Cc1noc(-c2ccc(CCNS(C)(=O)=O)s2)n1.Cl. The van der Waals surface area contributed by atoms with Crippen LogP contribution in [0, 0.1) is 0 Å². The molecule has 0 aliphatic carbocycles. The van der Waals surface area contributed by atoms with E-state index in [0.29, 0.717) is 31.1 Å². The van der Waals surface area contributed by atoms with Crippen molar-refractivity contribution in [3.63, 3.8) is 0 Å². The van der Waals surface area contributed by atoms with Crippen molar-refractivity contribution in [3.05, 3.63) is 22.8 Å². The Morgan fingerprint density at radius 1 is 1.39 bits per heavy atom. The van der Waals surface area contributed by atoms with Crippen molar-refractivity contribution >= 4 is 33.8 Å². The summed E-state index contributed by atoms with van der Waals surface area (Å²) in [7, 11) is -1.25. The van der Waals surface area contributed by atoms with Crippen molar-refractivity contribution in [2.24, 2.45) is 0 Å². The molecule has 2 aromatic heterocycles. The summed E-state index contributed by atoms with van der Waals surface area (Å²) in [5.41, 5.74) is 0. The van der Waals surface area contributed by atoms with Gasteiger partial charge in [-0.1, -0.05) is 5.16 Å². The molecule has 1 atom stereocenters. The van der Waals surface area contributed by atoms with Crippen LogP contribution in [0.15, 0.2) is 16.7 Å². The maximum absolute atomic E-state index is 11.0. The number of nitrogens with one attached hydrogen (secondary N) is 2. The minimum absolute atomic E-state index is 0. The molecule has 0 amide bonds. The zero-order valence-corrected chi connectivity index (χ0v) is 15.6. The van der Waals surface area contributed by atoms with Crippen molar-refractivity contribution in [3.8, 4) is 10.8 Å². The third kappa shape index (κ3) is 6.56. The van der Waals surface area contributed by atoms with Gasteiger partial charge in [-0.15, -0.1) is 23.7 Å². The number of hydrogen-bond acceptors (Lipinski definition) is 7. The van der Waals surface area contributed by atoms with Crippen LogP contribution in [0.25, 0.3) is 10.8 Å². The van der Waals surface area contributed by atoms with E-state index in [4.69, 9.17) is 4.52 Å². The molecule has 7 nitrogen and oxygen atoms in total. The third-order valence-corrected chi connectivity index (χ3v) is 4.92. The summed E-state index contributed by atoms with van der Waals surface area (Å²) >= 11 is 1.53. The predicted octanol–water partition coefficient (Wildman–Crippen LogP) is 1.46. The first-order valence-electron chi connectivity index (χ1n) is 6.91. The maximum Gasteiger partial charge on any atom is 0.267 e. The van der Waals surface area contributed by atoms with Gasteiger partial charge >= 0.3 is 0 Å². The fourth-order valence-electron chi connectivity index (χ4n) is 1.80. The minimum Gasteiger partial charge on any atom is -0.333 e. The lowest BCUT2D eigenvalue weighted by atomic mass is 10.2. The number of hydrogen-bond donors (Lipinski definition) is 2. The standard InChI is InChI=1S/C13H20N4O3S2.ClH/c1-9(14-2)8-12-16-13(20-17-12)11-5-4-10(21-11)6-7-15-22(3,18)19;/h4-5,9,14-15H,6-8H2,1-3H3;1H. The molecule has 1 unspecified atom stereocenters. The molecule has 0 saturated carbocycles. The Morgan fingerprint density at radius 2 is 2.13 bits per heavy atom. The van der Waals surface area contributed by atoms with E-state index in [-0.39, 0.29) is 18.4 Å². The third-order valence-electron chi connectivity index (χ3n) is 3.06. The van der Waals surface area contributed by atoms with Crippen LogP contribution in [0.1, 0.15) is 17.6 Å². The molecule has 0 aliphatic heterocycles. The molecule has 130 valence electrons. The van der Waals surface area contributed by atoms with Crippen molar-refractivity contribution in [2.75, 3.05) is 19.8 Å². The Morgan fingerprint density at radius 3 is 2.78 bits per heavy atom. The molecule has 23 heavy (non-hydrogen) atoms. The summed E-state index contributed by atoms with van der Waals surface area (Å²) in [6, 6.07) is 4.15. The van der Waals surface area contributed by atoms with Crippen LogP contribution in [0.4, 0.5) is 0 Å². The molecule has 2 heterocycles. The van der Waals surface area contributed by atoms with E-state index in [1.165, 1.54) is 11.3 Å². The van der Waals surface area contributed by atoms with Crippen molar-refractivity contribution < 1.29 is 12.9 Å². The number of rotatable bonds is 8. The maximum atomic E-state index is 11.0. The van der Waals surface area contributed by atoms with Gasteiger partial charge in [-0.05, 0) is 32.5 Å². The van der Waals surface area contributed by atoms with E-state index in [1.54, 1.807) is 0 Å². The van der Waals surface area contributed by atoms with E-state index in [9.17, 15) is 8.42 Å². The molecule has 10 heteroatoms. The van der Waals surface area contributed by atoms with Gasteiger partial charge in [0.05, 0.1) is 11.1 Å². The first-order valence-corrected chi connectivity index (χ1v) is 9.61. The van der Waals surface area contributed by atoms with E-state index in [0.717, 1.165) is 16.0 Å². The number of nitrogens with zero attached hydrogens (tertiary/aromatic N) is 2. The number of thiophene rings is 1. The van der Waals surface area contributed by atoms with Crippen LogP contribution >= 0.6 is 23.7 Å². The molecular weight excluding hydrogens is 360 g/mol. The highest BCUT2D eigenvalue weighted by Crippen LogP contribution is 2.27. The second-order valence-electron chi connectivity index (χ2n) is 5.09. The van der Waals surface area contributed by atoms with Gasteiger partial charge in [-0.2, -0.15) is 4.98 Å². The number of halogens is 1. The second kappa shape index (κ2) is 8.74. The molecule has 0 saturated heterocycles. The molecule has 0 bridgehead atoms. The smallest absolute Gasteiger partial charge is 0.267 e. The number of aromatic nitrogens is 2. The Bertz CT molecular complexity index is 714. The number of likely N-dealkylation sites (N-methyl/N-ethyl adjacent to an activating group) is 1. The van der Waals surface area contributed by atoms with Gasteiger partial charge in [-0.25, -0.2) is 13.1 Å². The predicted molar refractivity (Wildman–Crippen MR) is 93.6 cm³/mol. The van der Waals surface area contributed by atoms with Gasteiger partial charge in [0.2, 0.25) is 10.0 Å². The van der Waals surface area contributed by atoms with Crippen molar-refractivity contribution in [1.82, 2.24) is 20.2 Å². The molecule has 2 rings (SSSR count). The van der Waals surface area contributed by atoms with Crippen LogP contribution < -0.4 is 10.0 Å². The Labute approximate surface area is 146 Å². The summed E-state index contributed by atoms with van der Waals surface area (Å²) < 4.78 is 29.8. The van der Waals surface area contributed by atoms with Gasteiger partial charge < -0.3 is 9.84 Å². The van der Waals surface area contributed by atoms with Gasteiger partial charge in [0.15, 0.2) is 5.82 Å². The first kappa shape index (κ1) is 20.0. The summed E-state index contributed by atoms with van der Waals surface area (Å²) in [5, 5.41) is 7.10. The summed E-state index contributed by atoms with van der Waals surface area (Å²) in [6.07, 6.45) is 2.49.